The average molecular weight is 254 g/mol. The summed E-state index contributed by atoms with van der Waals surface area (Å²) in [5.41, 5.74) is 0. The van der Waals surface area contributed by atoms with Crippen molar-refractivity contribution in [1.29, 1.82) is 0 Å². The maximum atomic E-state index is 9.46. The minimum atomic E-state index is -5.06. The van der Waals surface area contributed by atoms with Crippen molar-refractivity contribution < 1.29 is 81.5 Å². The first-order valence-electron chi connectivity index (χ1n) is 1.47. The van der Waals surface area contributed by atoms with E-state index in [4.69, 9.17) is 0 Å². The average Bonchev–Trinajstić information content (AvgIpc) is 1.14. The van der Waals surface area contributed by atoms with E-state index in [2.05, 4.69) is 0 Å². The maximum absolute atomic E-state index is 9.46. The number of hydrogen-bond acceptors (Lipinski definition) is 6. The Balaban J connectivity index is -0.000000320. The van der Waals surface area contributed by atoms with Gasteiger partial charge in [-0.2, -0.15) is 21.0 Å². The second kappa shape index (κ2) is 7.36. The molecule has 0 saturated heterocycles. The molecule has 0 aliphatic carbocycles. The van der Waals surface area contributed by atoms with Gasteiger partial charge in [0, 0.05) is 51.4 Å². The molecule has 0 aromatic heterocycles. The summed E-state index contributed by atoms with van der Waals surface area (Å²) in [5, 5.41) is 0. The van der Waals surface area contributed by atoms with Gasteiger partial charge in [0.2, 0.25) is 0 Å². The Morgan fingerprint density at radius 3 is 1.09 bits per heavy atom. The van der Waals surface area contributed by atoms with E-state index >= 15 is 0 Å². The van der Waals surface area contributed by atoms with Crippen molar-refractivity contribution in [3.05, 3.63) is 0 Å². The third-order valence-electron chi connectivity index (χ3n) is 0.236. The van der Waals surface area contributed by atoms with Crippen molar-refractivity contribution in [1.82, 2.24) is 0 Å². The first-order chi connectivity index (χ1) is 3.71. The minimum absolute atomic E-state index is 0. The Kier molecular flexibility index (Phi) is 13.1. The molecular weight excluding hydrogens is 252 g/mol. The van der Waals surface area contributed by atoms with E-state index in [0.29, 0.717) is 0 Å². The van der Waals surface area contributed by atoms with Crippen LogP contribution < -0.4 is 55.5 Å². The largest absolute Gasteiger partial charge is 1.00 e. The van der Waals surface area contributed by atoms with Gasteiger partial charge in [0.1, 0.15) is 0 Å². The first-order valence-corrected chi connectivity index (χ1v) is 4.41. The third-order valence-corrected chi connectivity index (χ3v) is 2.12. The third kappa shape index (κ3) is 19.5. The van der Waals surface area contributed by atoms with Gasteiger partial charge >= 0.3 is 51.4 Å². The van der Waals surface area contributed by atoms with Gasteiger partial charge in [0.15, 0.2) is 0 Å². The quantitative estimate of drug-likeness (QED) is 0.385. The Labute approximate surface area is 149 Å². The van der Waals surface area contributed by atoms with Crippen molar-refractivity contribution in [2.75, 3.05) is 0 Å². The molecule has 0 amide bonds. The summed E-state index contributed by atoms with van der Waals surface area (Å²) in [7, 11) is -10.1. The van der Waals surface area contributed by atoms with E-state index in [1.165, 1.54) is 0 Å². The van der Waals surface area contributed by atoms with Crippen LogP contribution in [0.15, 0.2) is 0 Å². The van der Waals surface area contributed by atoms with Gasteiger partial charge in [0.05, 0.1) is 0 Å². The van der Waals surface area contributed by atoms with Gasteiger partial charge in [-0.1, -0.05) is 0 Å². The van der Waals surface area contributed by atoms with E-state index < -0.39 is 24.7 Å². The number of rotatable bonds is 2. The first kappa shape index (κ1) is 19.6. The zero-order valence-electron chi connectivity index (χ0n) is 5.84. The molecule has 1 radical (unpaired) electrons. The van der Waals surface area contributed by atoms with Gasteiger partial charge in [-0.3, -0.25) is 0 Å². The molecular formula is H2K2NO6S2. The van der Waals surface area contributed by atoms with Gasteiger partial charge in [-0.15, -0.1) is 0 Å². The van der Waals surface area contributed by atoms with Crippen molar-refractivity contribution in [2.24, 2.45) is 0 Å². The molecule has 2 N–H and O–H groups in total. The van der Waals surface area contributed by atoms with Crippen LogP contribution in [0.1, 0.15) is 0 Å². The van der Waals surface area contributed by atoms with E-state index in [1.807, 2.05) is 0 Å². The van der Waals surface area contributed by atoms with Crippen LogP contribution in [0.25, 0.3) is 0 Å². The van der Waals surface area contributed by atoms with Crippen LogP contribution in [-0.2, 0) is 20.6 Å². The van der Waals surface area contributed by atoms with Crippen LogP contribution in [0.3, 0.4) is 0 Å². The molecule has 11 heteroatoms. The summed E-state index contributed by atoms with van der Waals surface area (Å²) >= 11 is 0. The minimum Gasteiger partial charge on any atom is -0.701 e. The molecule has 57 valence electrons. The molecule has 11 heavy (non-hydrogen) atoms. The summed E-state index contributed by atoms with van der Waals surface area (Å²) in [6.45, 7) is 0. The SMILES string of the molecule is O=S(=O)([O-])[NH2+]S(=O)(=O)[O-].[K+].[K]. The van der Waals surface area contributed by atoms with E-state index in [1.54, 1.807) is 0 Å². The number of hydrogen-bond donors (Lipinski definition) is 1. The molecule has 0 atom stereocenters. The van der Waals surface area contributed by atoms with E-state index in [0.717, 1.165) is 0 Å². The van der Waals surface area contributed by atoms with Crippen LogP contribution in [0.5, 0.6) is 0 Å². The Bertz CT molecular complexity index is 244. The van der Waals surface area contributed by atoms with Gasteiger partial charge in [-0.25, -0.2) is 0 Å². The fraction of sp³-hybridized carbons (Fsp3) is 0. The normalized spacial score (nSPS) is 11.1. The summed E-state index contributed by atoms with van der Waals surface area (Å²) in [6.07, 6.45) is 0. The van der Waals surface area contributed by atoms with Crippen molar-refractivity contribution in [2.45, 2.75) is 0 Å². The predicted octanol–water partition coefficient (Wildman–Crippen LogP) is -6.91. The van der Waals surface area contributed by atoms with Crippen molar-refractivity contribution in [3.63, 3.8) is 0 Å². The van der Waals surface area contributed by atoms with Crippen LogP contribution in [-0.4, -0.2) is 77.3 Å². The molecule has 0 aliphatic heterocycles. The van der Waals surface area contributed by atoms with E-state index in [9.17, 15) is 25.9 Å². The Morgan fingerprint density at radius 2 is 1.09 bits per heavy atom. The van der Waals surface area contributed by atoms with E-state index in [-0.39, 0.29) is 103 Å². The van der Waals surface area contributed by atoms with Crippen molar-refractivity contribution in [3.8, 4) is 0 Å². The molecule has 0 fully saturated rings. The molecule has 0 unspecified atom stereocenters. The molecule has 7 nitrogen and oxygen atoms in total. The summed E-state index contributed by atoms with van der Waals surface area (Å²) < 4.78 is 55.9. The second-order valence-electron chi connectivity index (χ2n) is 1.08. The molecule has 0 aromatic carbocycles. The topological polar surface area (TPSA) is 131 Å². The molecule has 0 rings (SSSR count). The number of nitrogens with two attached hydrogens (primary N) is 1. The standard InChI is InChI=1S/2K.H3NO6S2/c;;2-8(3,4)1-9(5,6)7/h;;1H,(H,2,3,4)(H,5,6,7)/q;+1;/p-1. The predicted molar refractivity (Wildman–Crippen MR) is 27.1 cm³/mol. The summed E-state index contributed by atoms with van der Waals surface area (Å²) in [6, 6.07) is 0. The second-order valence-corrected chi connectivity index (χ2v) is 3.82. The smallest absolute Gasteiger partial charge is 0.701 e. The fourth-order valence-electron chi connectivity index (χ4n) is 0.144. The van der Waals surface area contributed by atoms with Gasteiger partial charge in [-0.05, 0) is 0 Å². The number of quaternary nitrogens is 1. The van der Waals surface area contributed by atoms with Crippen molar-refractivity contribution >= 4 is 72.0 Å². The zero-order chi connectivity index (χ0) is 7.71. The van der Waals surface area contributed by atoms with Crippen LogP contribution in [0, 0.1) is 0 Å². The molecule has 0 aliphatic rings. The van der Waals surface area contributed by atoms with Crippen LogP contribution >= 0.6 is 0 Å². The molecule has 0 saturated carbocycles. The van der Waals surface area contributed by atoms with Gasteiger partial charge in [0.25, 0.3) is 20.6 Å². The van der Waals surface area contributed by atoms with Gasteiger partial charge < -0.3 is 9.11 Å². The molecule has 0 spiro atoms. The Hall–Kier alpha value is 3.05. The molecule has 0 aromatic rings. The summed E-state index contributed by atoms with van der Waals surface area (Å²) in [4.78, 5) is 0. The van der Waals surface area contributed by atoms with Crippen LogP contribution in [0.2, 0.25) is 0 Å². The molecule has 0 heterocycles. The zero-order valence-corrected chi connectivity index (χ0v) is 13.7. The summed E-state index contributed by atoms with van der Waals surface area (Å²) in [5.74, 6) is 0. The monoisotopic (exact) mass is 254 g/mol. The van der Waals surface area contributed by atoms with Crippen LogP contribution in [0.4, 0.5) is 0 Å². The fourth-order valence-corrected chi connectivity index (χ4v) is 1.30. The maximum Gasteiger partial charge on any atom is 1.00 e. The molecule has 0 bridgehead atoms. The Morgan fingerprint density at radius 1 is 0.909 bits per heavy atom.